The first-order valence-corrected chi connectivity index (χ1v) is 5.11. The van der Waals surface area contributed by atoms with Crippen molar-refractivity contribution in [3.05, 3.63) is 0 Å². The Morgan fingerprint density at radius 3 is 2.29 bits per heavy atom. The third-order valence-corrected chi connectivity index (χ3v) is 3.54. The smallest absolute Gasteiger partial charge is 0.0829 e. The largest absolute Gasteiger partial charge is 0.388 e. The van der Waals surface area contributed by atoms with Crippen molar-refractivity contribution >= 4 is 0 Å². The summed E-state index contributed by atoms with van der Waals surface area (Å²) in [5.41, 5.74) is -1.50. The van der Waals surface area contributed by atoms with Gasteiger partial charge in [0, 0.05) is 7.11 Å². The minimum Gasteiger partial charge on any atom is -0.388 e. The van der Waals surface area contributed by atoms with Crippen molar-refractivity contribution in [2.45, 2.75) is 51.2 Å². The Bertz CT molecular complexity index is 234. The second-order valence-electron chi connectivity index (χ2n) is 4.70. The van der Waals surface area contributed by atoms with Gasteiger partial charge in [0.2, 0.25) is 0 Å². The molecule has 0 aromatic rings. The number of nitrogens with zero attached hydrogens (tertiary/aromatic N) is 1. The number of nitriles is 1. The number of rotatable bonds is 2. The summed E-state index contributed by atoms with van der Waals surface area (Å²) in [7, 11) is 1.70. The second kappa shape index (κ2) is 3.88. The summed E-state index contributed by atoms with van der Waals surface area (Å²) in [5.74, 6) is 0. The van der Waals surface area contributed by atoms with Crippen molar-refractivity contribution in [2.24, 2.45) is 5.41 Å². The van der Waals surface area contributed by atoms with E-state index in [0.717, 1.165) is 12.8 Å². The predicted octanol–water partition coefficient (Wildman–Crippen LogP) is 1.86. The molecule has 14 heavy (non-hydrogen) atoms. The zero-order valence-corrected chi connectivity index (χ0v) is 9.21. The highest BCUT2D eigenvalue weighted by atomic mass is 16.5. The van der Waals surface area contributed by atoms with Gasteiger partial charge in [0.25, 0.3) is 0 Å². The van der Waals surface area contributed by atoms with E-state index in [4.69, 9.17) is 10.00 Å². The summed E-state index contributed by atoms with van der Waals surface area (Å²) >= 11 is 0. The van der Waals surface area contributed by atoms with Crippen LogP contribution in [0.25, 0.3) is 0 Å². The minimum atomic E-state index is -0.837. The molecule has 1 N–H and O–H groups in total. The summed E-state index contributed by atoms with van der Waals surface area (Å²) in [6.45, 7) is 3.61. The topological polar surface area (TPSA) is 53.2 Å². The molecular weight excluding hydrogens is 178 g/mol. The average Bonchev–Trinajstić information content (AvgIpc) is 2.19. The van der Waals surface area contributed by atoms with E-state index in [2.05, 4.69) is 6.07 Å². The van der Waals surface area contributed by atoms with Crippen LogP contribution in [-0.4, -0.2) is 23.9 Å². The maximum atomic E-state index is 10.3. The predicted molar refractivity (Wildman–Crippen MR) is 53.6 cm³/mol. The number of methoxy groups -OCH3 is 1. The van der Waals surface area contributed by atoms with E-state index in [-0.39, 0.29) is 6.10 Å². The number of ether oxygens (including phenoxy) is 1. The molecule has 0 amide bonds. The van der Waals surface area contributed by atoms with Crippen LogP contribution in [0.4, 0.5) is 0 Å². The first-order valence-electron chi connectivity index (χ1n) is 5.11. The molecule has 0 aromatic heterocycles. The summed E-state index contributed by atoms with van der Waals surface area (Å²) < 4.78 is 5.24. The monoisotopic (exact) mass is 197 g/mol. The van der Waals surface area contributed by atoms with Gasteiger partial charge in [-0.25, -0.2) is 0 Å². The minimum absolute atomic E-state index is 0.254. The maximum Gasteiger partial charge on any atom is 0.0829 e. The van der Waals surface area contributed by atoms with Crippen molar-refractivity contribution in [2.75, 3.05) is 7.11 Å². The van der Waals surface area contributed by atoms with Crippen LogP contribution >= 0.6 is 0 Å². The second-order valence-corrected chi connectivity index (χ2v) is 4.70. The van der Waals surface area contributed by atoms with Crippen LogP contribution in [0.5, 0.6) is 0 Å². The van der Waals surface area contributed by atoms with Gasteiger partial charge in [-0.05, 0) is 39.5 Å². The van der Waals surface area contributed by atoms with Crippen LogP contribution in [0.15, 0.2) is 0 Å². The first-order chi connectivity index (χ1) is 6.45. The first kappa shape index (κ1) is 11.5. The average molecular weight is 197 g/mol. The molecule has 1 rings (SSSR count). The van der Waals surface area contributed by atoms with Crippen LogP contribution in [0, 0.1) is 16.7 Å². The number of hydrogen-bond donors (Lipinski definition) is 1. The molecule has 0 spiro atoms. The summed E-state index contributed by atoms with van der Waals surface area (Å²) in [4.78, 5) is 0. The van der Waals surface area contributed by atoms with Gasteiger partial charge >= 0.3 is 0 Å². The Hall–Kier alpha value is -0.590. The maximum absolute atomic E-state index is 10.3. The van der Waals surface area contributed by atoms with Crippen molar-refractivity contribution in [1.82, 2.24) is 0 Å². The standard InChI is InChI=1S/C11H19NO2/c1-10(2,8-12)11(13)6-4-9(14-3)5-7-11/h9,13H,4-7H2,1-3H3. The Morgan fingerprint density at radius 2 is 1.93 bits per heavy atom. The van der Waals surface area contributed by atoms with Crippen LogP contribution in [0.2, 0.25) is 0 Å². The Morgan fingerprint density at radius 1 is 1.43 bits per heavy atom. The molecule has 0 radical (unpaired) electrons. The molecule has 1 fully saturated rings. The SMILES string of the molecule is COC1CCC(O)(C(C)(C)C#N)CC1. The number of hydrogen-bond acceptors (Lipinski definition) is 3. The molecule has 0 aromatic carbocycles. The normalized spacial score (nSPS) is 33.8. The van der Waals surface area contributed by atoms with E-state index in [9.17, 15) is 5.11 Å². The van der Waals surface area contributed by atoms with E-state index >= 15 is 0 Å². The van der Waals surface area contributed by atoms with Gasteiger partial charge in [0.1, 0.15) is 0 Å². The van der Waals surface area contributed by atoms with Gasteiger partial charge in [-0.3, -0.25) is 0 Å². The highest BCUT2D eigenvalue weighted by Gasteiger charge is 2.46. The third kappa shape index (κ3) is 1.92. The van der Waals surface area contributed by atoms with Gasteiger partial charge in [-0.1, -0.05) is 0 Å². The highest BCUT2D eigenvalue weighted by Crippen LogP contribution is 2.42. The van der Waals surface area contributed by atoms with Crippen LogP contribution in [-0.2, 0) is 4.74 Å². The van der Waals surface area contributed by atoms with Crippen LogP contribution in [0.1, 0.15) is 39.5 Å². The van der Waals surface area contributed by atoms with E-state index < -0.39 is 11.0 Å². The molecule has 1 saturated carbocycles. The summed E-state index contributed by atoms with van der Waals surface area (Å²) in [6.07, 6.45) is 3.26. The molecule has 3 heteroatoms. The molecule has 0 aliphatic heterocycles. The molecule has 0 heterocycles. The zero-order valence-electron chi connectivity index (χ0n) is 9.21. The fraction of sp³-hybridized carbons (Fsp3) is 0.909. The Balaban J connectivity index is 2.67. The van der Waals surface area contributed by atoms with E-state index in [0.29, 0.717) is 12.8 Å². The highest BCUT2D eigenvalue weighted by molar-refractivity contribution is 5.08. The van der Waals surface area contributed by atoms with E-state index in [1.54, 1.807) is 21.0 Å². The van der Waals surface area contributed by atoms with Crippen molar-refractivity contribution < 1.29 is 9.84 Å². The van der Waals surface area contributed by atoms with Gasteiger partial charge in [-0.2, -0.15) is 5.26 Å². The van der Waals surface area contributed by atoms with E-state index in [1.165, 1.54) is 0 Å². The fourth-order valence-corrected chi connectivity index (χ4v) is 2.03. The van der Waals surface area contributed by atoms with Gasteiger partial charge < -0.3 is 9.84 Å². The van der Waals surface area contributed by atoms with Crippen molar-refractivity contribution in [3.63, 3.8) is 0 Å². The molecule has 3 nitrogen and oxygen atoms in total. The number of aliphatic hydroxyl groups is 1. The lowest BCUT2D eigenvalue weighted by atomic mass is 9.67. The molecular formula is C11H19NO2. The van der Waals surface area contributed by atoms with Gasteiger partial charge in [0.05, 0.1) is 23.2 Å². The van der Waals surface area contributed by atoms with Crippen LogP contribution in [0.3, 0.4) is 0 Å². The molecule has 80 valence electrons. The zero-order chi connectivity index (χ0) is 10.8. The molecule has 1 aliphatic carbocycles. The quantitative estimate of drug-likeness (QED) is 0.735. The lowest BCUT2D eigenvalue weighted by Gasteiger charge is -2.42. The molecule has 1 aliphatic rings. The van der Waals surface area contributed by atoms with Crippen molar-refractivity contribution in [3.8, 4) is 6.07 Å². The van der Waals surface area contributed by atoms with Crippen LogP contribution < -0.4 is 0 Å². The fourth-order valence-electron chi connectivity index (χ4n) is 2.03. The third-order valence-electron chi connectivity index (χ3n) is 3.54. The lowest BCUT2D eigenvalue weighted by Crippen LogP contribution is -2.47. The molecule has 0 unspecified atom stereocenters. The van der Waals surface area contributed by atoms with Gasteiger partial charge in [-0.15, -0.1) is 0 Å². The van der Waals surface area contributed by atoms with E-state index in [1.807, 2.05) is 0 Å². The summed E-state index contributed by atoms with van der Waals surface area (Å²) in [6, 6.07) is 2.19. The Labute approximate surface area is 85.7 Å². The summed E-state index contributed by atoms with van der Waals surface area (Å²) in [5, 5.41) is 19.3. The Kier molecular flexibility index (Phi) is 3.18. The molecule has 0 saturated heterocycles. The van der Waals surface area contributed by atoms with Crippen molar-refractivity contribution in [1.29, 1.82) is 5.26 Å². The molecule has 0 atom stereocenters. The van der Waals surface area contributed by atoms with Gasteiger partial charge in [0.15, 0.2) is 0 Å². The lowest BCUT2D eigenvalue weighted by molar-refractivity contribution is -0.0948. The molecule has 0 bridgehead atoms.